The molecule has 6 nitrogen and oxygen atoms in total. The number of carbonyl (C=O) groups excluding carboxylic acids is 2. The Morgan fingerprint density at radius 1 is 1.20 bits per heavy atom. The van der Waals surface area contributed by atoms with Crippen LogP contribution in [0.3, 0.4) is 0 Å². The summed E-state index contributed by atoms with van der Waals surface area (Å²) in [5.41, 5.74) is 1.96. The highest BCUT2D eigenvalue weighted by molar-refractivity contribution is 5.88. The summed E-state index contributed by atoms with van der Waals surface area (Å²) < 4.78 is 0. The monoisotopic (exact) mass is 338 g/mol. The summed E-state index contributed by atoms with van der Waals surface area (Å²) in [4.78, 5) is 30.2. The van der Waals surface area contributed by atoms with Crippen LogP contribution in [0.1, 0.15) is 17.7 Å². The van der Waals surface area contributed by atoms with Crippen LogP contribution >= 0.6 is 0 Å². The number of anilines is 1. The molecule has 0 radical (unpaired) electrons. The number of amides is 3. The predicted octanol–water partition coefficient (Wildman–Crippen LogP) is 2.56. The van der Waals surface area contributed by atoms with E-state index in [-0.39, 0.29) is 17.9 Å². The molecule has 3 amide bonds. The second-order valence-electron chi connectivity index (χ2n) is 6.33. The van der Waals surface area contributed by atoms with Crippen LogP contribution in [-0.4, -0.2) is 34.9 Å². The molecule has 0 saturated carbocycles. The van der Waals surface area contributed by atoms with E-state index in [9.17, 15) is 9.59 Å². The van der Waals surface area contributed by atoms with Crippen LogP contribution in [0.15, 0.2) is 48.5 Å². The molecule has 130 valence electrons. The van der Waals surface area contributed by atoms with Crippen molar-refractivity contribution in [2.45, 2.75) is 19.9 Å². The van der Waals surface area contributed by atoms with Gasteiger partial charge in [-0.3, -0.25) is 10.1 Å². The number of nitrogens with zero attached hydrogens (tertiary/aromatic N) is 2. The van der Waals surface area contributed by atoms with Crippen molar-refractivity contribution >= 4 is 17.8 Å². The lowest BCUT2D eigenvalue weighted by molar-refractivity contribution is -0.128. The molecule has 1 unspecified atom stereocenters. The van der Waals surface area contributed by atoms with Crippen molar-refractivity contribution in [3.8, 4) is 0 Å². The molecular formula is C19H22N4O2. The number of hydrogen-bond acceptors (Lipinski definition) is 3. The minimum atomic E-state index is -0.299. The quantitative estimate of drug-likeness (QED) is 0.880. The Bertz CT molecular complexity index is 748. The molecule has 1 atom stereocenters. The smallest absolute Gasteiger partial charge is 0.320 e. The number of likely N-dealkylation sites (tertiary alicyclic amines) is 1. The van der Waals surface area contributed by atoms with Crippen molar-refractivity contribution in [3.63, 3.8) is 0 Å². The zero-order valence-corrected chi connectivity index (χ0v) is 14.2. The van der Waals surface area contributed by atoms with Gasteiger partial charge in [0.1, 0.15) is 5.82 Å². The van der Waals surface area contributed by atoms with E-state index in [1.807, 2.05) is 54.3 Å². The number of carbonyl (C=O) groups is 2. The van der Waals surface area contributed by atoms with E-state index in [4.69, 9.17) is 0 Å². The SMILES string of the molecule is Cc1cccc(NC(=O)NCC2CC(=O)N(Cc3ccccc3)C2)n1. The van der Waals surface area contributed by atoms with Crippen molar-refractivity contribution in [2.75, 3.05) is 18.4 Å². The van der Waals surface area contributed by atoms with Crippen LogP contribution in [0.4, 0.5) is 10.6 Å². The molecular weight excluding hydrogens is 316 g/mol. The highest BCUT2D eigenvalue weighted by Crippen LogP contribution is 2.19. The molecule has 2 heterocycles. The molecule has 6 heteroatoms. The highest BCUT2D eigenvalue weighted by atomic mass is 16.2. The van der Waals surface area contributed by atoms with Crippen molar-refractivity contribution in [1.82, 2.24) is 15.2 Å². The number of rotatable bonds is 5. The molecule has 3 rings (SSSR count). The average Bonchev–Trinajstić information content (AvgIpc) is 2.94. The number of pyridine rings is 1. The first kappa shape index (κ1) is 17.0. The van der Waals surface area contributed by atoms with Crippen LogP contribution in [0.2, 0.25) is 0 Å². The second-order valence-corrected chi connectivity index (χ2v) is 6.33. The number of benzene rings is 1. The maximum atomic E-state index is 12.1. The summed E-state index contributed by atoms with van der Waals surface area (Å²) in [6.45, 7) is 3.62. The van der Waals surface area contributed by atoms with E-state index in [0.717, 1.165) is 11.3 Å². The first-order valence-corrected chi connectivity index (χ1v) is 8.40. The normalized spacial score (nSPS) is 16.8. The maximum absolute atomic E-state index is 12.1. The lowest BCUT2D eigenvalue weighted by Crippen LogP contribution is -2.34. The van der Waals surface area contributed by atoms with Gasteiger partial charge >= 0.3 is 6.03 Å². The number of aromatic nitrogens is 1. The van der Waals surface area contributed by atoms with Crippen LogP contribution in [-0.2, 0) is 11.3 Å². The fraction of sp³-hybridized carbons (Fsp3) is 0.316. The summed E-state index contributed by atoms with van der Waals surface area (Å²) in [7, 11) is 0. The summed E-state index contributed by atoms with van der Waals surface area (Å²) in [6, 6.07) is 15.1. The largest absolute Gasteiger partial charge is 0.338 e. The van der Waals surface area contributed by atoms with E-state index in [1.165, 1.54) is 0 Å². The second kappa shape index (κ2) is 7.79. The Kier molecular flexibility index (Phi) is 5.28. The fourth-order valence-corrected chi connectivity index (χ4v) is 2.96. The lowest BCUT2D eigenvalue weighted by atomic mass is 10.1. The Morgan fingerprint density at radius 3 is 2.76 bits per heavy atom. The van der Waals surface area contributed by atoms with Gasteiger partial charge in [0.05, 0.1) is 0 Å². The summed E-state index contributed by atoms with van der Waals surface area (Å²) in [5, 5.41) is 5.54. The van der Waals surface area contributed by atoms with Gasteiger partial charge in [-0.25, -0.2) is 9.78 Å². The minimum absolute atomic E-state index is 0.132. The van der Waals surface area contributed by atoms with E-state index in [2.05, 4.69) is 15.6 Å². The van der Waals surface area contributed by atoms with Gasteiger partial charge in [0.25, 0.3) is 0 Å². The van der Waals surface area contributed by atoms with Crippen molar-refractivity contribution in [1.29, 1.82) is 0 Å². The third-order valence-electron chi connectivity index (χ3n) is 4.19. The van der Waals surface area contributed by atoms with Gasteiger partial charge in [-0.1, -0.05) is 36.4 Å². The average molecular weight is 338 g/mol. The number of aryl methyl sites for hydroxylation is 1. The summed E-state index contributed by atoms with van der Waals surface area (Å²) in [6.07, 6.45) is 0.468. The fourth-order valence-electron chi connectivity index (χ4n) is 2.96. The molecule has 25 heavy (non-hydrogen) atoms. The van der Waals surface area contributed by atoms with Gasteiger partial charge < -0.3 is 10.2 Å². The van der Waals surface area contributed by atoms with Gasteiger partial charge in [0.2, 0.25) is 5.91 Å². The highest BCUT2D eigenvalue weighted by Gasteiger charge is 2.29. The van der Waals surface area contributed by atoms with Crippen molar-refractivity contribution in [2.24, 2.45) is 5.92 Å². The number of urea groups is 1. The Morgan fingerprint density at radius 2 is 2.00 bits per heavy atom. The Balaban J connectivity index is 1.46. The molecule has 0 bridgehead atoms. The summed E-state index contributed by atoms with van der Waals surface area (Å²) >= 11 is 0. The number of hydrogen-bond donors (Lipinski definition) is 2. The lowest BCUT2D eigenvalue weighted by Gasteiger charge is -2.17. The van der Waals surface area contributed by atoms with E-state index in [0.29, 0.717) is 31.9 Å². The molecule has 1 aromatic carbocycles. The van der Waals surface area contributed by atoms with Crippen LogP contribution in [0.25, 0.3) is 0 Å². The molecule has 1 saturated heterocycles. The Labute approximate surface area is 147 Å². The van der Waals surface area contributed by atoms with Crippen molar-refractivity contribution < 1.29 is 9.59 Å². The first-order chi connectivity index (χ1) is 12.1. The standard InChI is InChI=1S/C19H22N4O2/c1-14-6-5-9-17(21-14)22-19(25)20-11-16-10-18(24)23(13-16)12-15-7-3-2-4-8-15/h2-9,16H,10-13H2,1H3,(H2,20,21,22,25). The van der Waals surface area contributed by atoms with Crippen LogP contribution in [0, 0.1) is 12.8 Å². The molecule has 0 spiro atoms. The Hall–Kier alpha value is -2.89. The van der Waals surface area contributed by atoms with E-state index >= 15 is 0 Å². The van der Waals surface area contributed by atoms with Crippen LogP contribution in [0.5, 0.6) is 0 Å². The van der Waals surface area contributed by atoms with Gasteiger partial charge in [-0.15, -0.1) is 0 Å². The zero-order valence-electron chi connectivity index (χ0n) is 14.2. The minimum Gasteiger partial charge on any atom is -0.338 e. The van der Waals surface area contributed by atoms with Gasteiger partial charge in [-0.05, 0) is 24.6 Å². The van der Waals surface area contributed by atoms with Crippen LogP contribution < -0.4 is 10.6 Å². The van der Waals surface area contributed by atoms with E-state index < -0.39 is 0 Å². The molecule has 2 aromatic rings. The molecule has 2 N–H and O–H groups in total. The number of nitrogens with one attached hydrogen (secondary N) is 2. The van der Waals surface area contributed by atoms with Gasteiger partial charge in [-0.2, -0.15) is 0 Å². The third-order valence-corrected chi connectivity index (χ3v) is 4.19. The predicted molar refractivity (Wildman–Crippen MR) is 96.0 cm³/mol. The summed E-state index contributed by atoms with van der Waals surface area (Å²) in [5.74, 6) is 0.787. The molecule has 1 aliphatic rings. The van der Waals surface area contributed by atoms with Gasteiger partial charge in [0.15, 0.2) is 0 Å². The molecule has 0 aliphatic carbocycles. The topological polar surface area (TPSA) is 74.3 Å². The van der Waals surface area contributed by atoms with E-state index in [1.54, 1.807) is 6.07 Å². The third kappa shape index (κ3) is 4.79. The first-order valence-electron chi connectivity index (χ1n) is 8.40. The maximum Gasteiger partial charge on any atom is 0.320 e. The zero-order chi connectivity index (χ0) is 17.6. The molecule has 1 aliphatic heterocycles. The molecule has 1 fully saturated rings. The van der Waals surface area contributed by atoms with Crippen molar-refractivity contribution in [3.05, 3.63) is 59.8 Å². The molecule has 1 aromatic heterocycles. The van der Waals surface area contributed by atoms with Gasteiger partial charge in [0, 0.05) is 37.7 Å².